The summed E-state index contributed by atoms with van der Waals surface area (Å²) in [5.41, 5.74) is 1.22. The van der Waals surface area contributed by atoms with E-state index in [1.165, 1.54) is 5.56 Å². The van der Waals surface area contributed by atoms with Crippen LogP contribution < -0.4 is 4.74 Å². The minimum absolute atomic E-state index is 0.149. The molecule has 0 radical (unpaired) electrons. The molecule has 1 amide bonds. The maximum atomic E-state index is 11.5. The number of hydrogen-bond donors (Lipinski definition) is 1. The largest absolute Gasteiger partial charge is 0.496 e. The van der Waals surface area contributed by atoms with Gasteiger partial charge in [-0.1, -0.05) is 6.92 Å². The quantitative estimate of drug-likeness (QED) is 0.888. The fourth-order valence-corrected chi connectivity index (χ4v) is 4.67. The number of hydrogen-bond acceptors (Lipinski definition) is 4. The van der Waals surface area contributed by atoms with Gasteiger partial charge in [0.2, 0.25) is 0 Å². The van der Waals surface area contributed by atoms with E-state index in [1.807, 2.05) is 12.3 Å². The lowest BCUT2D eigenvalue weighted by Gasteiger charge is -2.39. The molecular formula is C20H31N3O3. The van der Waals surface area contributed by atoms with E-state index < -0.39 is 6.09 Å². The van der Waals surface area contributed by atoms with Crippen LogP contribution in [0.15, 0.2) is 18.5 Å². The summed E-state index contributed by atoms with van der Waals surface area (Å²) in [6, 6.07) is 2.59. The molecule has 1 aromatic heterocycles. The van der Waals surface area contributed by atoms with Crippen LogP contribution in [0, 0.1) is 0 Å². The fourth-order valence-electron chi connectivity index (χ4n) is 4.67. The lowest BCUT2D eigenvalue weighted by molar-refractivity contribution is 0.105. The minimum atomic E-state index is -0.764. The summed E-state index contributed by atoms with van der Waals surface area (Å²) in [6.07, 6.45) is 9.10. The molecule has 2 aliphatic rings. The van der Waals surface area contributed by atoms with Gasteiger partial charge in [0, 0.05) is 36.6 Å². The minimum Gasteiger partial charge on any atom is -0.496 e. The number of aromatic nitrogens is 1. The molecule has 3 rings (SSSR count). The number of pyridine rings is 1. The Morgan fingerprint density at radius 3 is 2.73 bits per heavy atom. The van der Waals surface area contributed by atoms with Crippen LogP contribution in [-0.2, 0) is 0 Å². The normalized spacial score (nSPS) is 25.7. The second-order valence-electron chi connectivity index (χ2n) is 7.50. The van der Waals surface area contributed by atoms with Crippen molar-refractivity contribution in [3.63, 3.8) is 0 Å². The van der Waals surface area contributed by atoms with Crippen LogP contribution in [0.25, 0.3) is 0 Å². The van der Waals surface area contributed by atoms with Gasteiger partial charge >= 0.3 is 6.09 Å². The zero-order valence-electron chi connectivity index (χ0n) is 15.9. The highest BCUT2D eigenvalue weighted by molar-refractivity contribution is 5.65. The number of ether oxygens (including phenoxy) is 1. The summed E-state index contributed by atoms with van der Waals surface area (Å²) in [6.45, 7) is 4.91. The molecule has 6 heteroatoms. The van der Waals surface area contributed by atoms with Crippen LogP contribution in [0.5, 0.6) is 5.75 Å². The van der Waals surface area contributed by atoms with Crippen LogP contribution in [-0.4, -0.2) is 64.8 Å². The van der Waals surface area contributed by atoms with Crippen molar-refractivity contribution in [3.05, 3.63) is 24.0 Å². The highest BCUT2D eigenvalue weighted by Gasteiger charge is 2.33. The van der Waals surface area contributed by atoms with E-state index in [0.29, 0.717) is 18.5 Å². The Morgan fingerprint density at radius 1 is 1.31 bits per heavy atom. The van der Waals surface area contributed by atoms with Gasteiger partial charge < -0.3 is 19.6 Å². The third-order valence-corrected chi connectivity index (χ3v) is 6.15. The Labute approximate surface area is 156 Å². The van der Waals surface area contributed by atoms with E-state index in [4.69, 9.17) is 4.74 Å². The third-order valence-electron chi connectivity index (χ3n) is 6.15. The van der Waals surface area contributed by atoms with Crippen molar-refractivity contribution in [1.29, 1.82) is 0 Å². The molecule has 1 aromatic rings. The summed E-state index contributed by atoms with van der Waals surface area (Å²) >= 11 is 0. The molecular weight excluding hydrogens is 330 g/mol. The van der Waals surface area contributed by atoms with Gasteiger partial charge in [-0.15, -0.1) is 0 Å². The lowest BCUT2D eigenvalue weighted by atomic mass is 9.88. The van der Waals surface area contributed by atoms with Crippen molar-refractivity contribution in [2.24, 2.45) is 0 Å². The Kier molecular flexibility index (Phi) is 6.35. The van der Waals surface area contributed by atoms with Gasteiger partial charge in [-0.3, -0.25) is 4.98 Å². The maximum absolute atomic E-state index is 11.5. The van der Waals surface area contributed by atoms with Gasteiger partial charge in [0.1, 0.15) is 5.75 Å². The molecule has 26 heavy (non-hydrogen) atoms. The van der Waals surface area contributed by atoms with Crippen molar-refractivity contribution >= 4 is 6.09 Å². The second kappa shape index (κ2) is 8.71. The van der Waals surface area contributed by atoms with Crippen molar-refractivity contribution in [2.75, 3.05) is 26.7 Å². The van der Waals surface area contributed by atoms with Crippen LogP contribution in [0.2, 0.25) is 0 Å². The monoisotopic (exact) mass is 361 g/mol. The fraction of sp³-hybridized carbons (Fsp3) is 0.700. The molecule has 3 heterocycles. The van der Waals surface area contributed by atoms with E-state index in [2.05, 4.69) is 16.8 Å². The van der Waals surface area contributed by atoms with Crippen molar-refractivity contribution < 1.29 is 14.6 Å². The van der Waals surface area contributed by atoms with Gasteiger partial charge in [-0.25, -0.2) is 4.79 Å². The first-order valence-electron chi connectivity index (χ1n) is 9.85. The summed E-state index contributed by atoms with van der Waals surface area (Å²) in [7, 11) is 1.72. The molecule has 2 fully saturated rings. The zero-order chi connectivity index (χ0) is 18.5. The predicted molar refractivity (Wildman–Crippen MR) is 101 cm³/mol. The summed E-state index contributed by atoms with van der Waals surface area (Å²) in [5.74, 6) is 1.44. The third kappa shape index (κ3) is 4.11. The maximum Gasteiger partial charge on any atom is 0.407 e. The van der Waals surface area contributed by atoms with Crippen molar-refractivity contribution in [2.45, 2.75) is 63.5 Å². The summed E-state index contributed by atoms with van der Waals surface area (Å²) in [4.78, 5) is 20.0. The standard InChI is InChI=1S/C20H31N3O3/c1-3-16-13-17(5-4-10-23(16)20(24)25)22-11-7-15(8-12-22)18-14-21-9-6-19(18)26-2/h6,9,14-17H,3-5,7-8,10-13H2,1-2H3,(H,24,25). The Hall–Kier alpha value is -1.82. The topological polar surface area (TPSA) is 65.9 Å². The van der Waals surface area contributed by atoms with Crippen LogP contribution in [0.4, 0.5) is 4.79 Å². The average Bonchev–Trinajstić information content (AvgIpc) is 2.90. The van der Waals surface area contributed by atoms with Crippen LogP contribution in [0.1, 0.15) is 56.9 Å². The van der Waals surface area contributed by atoms with Gasteiger partial charge in [0.15, 0.2) is 0 Å². The van der Waals surface area contributed by atoms with Gasteiger partial charge in [-0.2, -0.15) is 0 Å². The van der Waals surface area contributed by atoms with E-state index in [9.17, 15) is 9.90 Å². The molecule has 0 spiro atoms. The molecule has 6 nitrogen and oxygen atoms in total. The molecule has 144 valence electrons. The number of nitrogens with zero attached hydrogens (tertiary/aromatic N) is 3. The van der Waals surface area contributed by atoms with E-state index in [0.717, 1.165) is 57.4 Å². The molecule has 2 saturated heterocycles. The first-order valence-corrected chi connectivity index (χ1v) is 9.85. The summed E-state index contributed by atoms with van der Waals surface area (Å²) < 4.78 is 5.51. The summed E-state index contributed by atoms with van der Waals surface area (Å²) in [5, 5.41) is 9.47. The van der Waals surface area contributed by atoms with Gasteiger partial charge in [-0.05, 0) is 63.6 Å². The first-order chi connectivity index (χ1) is 12.6. The molecule has 2 atom stereocenters. The highest BCUT2D eigenvalue weighted by atomic mass is 16.5. The number of methoxy groups -OCH3 is 1. The van der Waals surface area contributed by atoms with Crippen LogP contribution in [0.3, 0.4) is 0 Å². The molecule has 0 saturated carbocycles. The van der Waals surface area contributed by atoms with Crippen molar-refractivity contribution in [1.82, 2.24) is 14.8 Å². The number of rotatable bonds is 4. The number of carbonyl (C=O) groups is 1. The van der Waals surface area contributed by atoms with E-state index in [1.54, 1.807) is 18.2 Å². The number of amides is 1. The van der Waals surface area contributed by atoms with Crippen molar-refractivity contribution in [3.8, 4) is 5.75 Å². The Bertz CT molecular complexity index is 602. The second-order valence-corrected chi connectivity index (χ2v) is 7.50. The average molecular weight is 361 g/mol. The van der Waals surface area contributed by atoms with Gasteiger partial charge in [0.25, 0.3) is 0 Å². The van der Waals surface area contributed by atoms with E-state index in [-0.39, 0.29) is 6.04 Å². The zero-order valence-corrected chi connectivity index (χ0v) is 15.9. The molecule has 2 unspecified atom stereocenters. The number of carboxylic acid groups (broad SMARTS) is 1. The van der Waals surface area contributed by atoms with E-state index >= 15 is 0 Å². The molecule has 0 aliphatic carbocycles. The molecule has 1 N–H and O–H groups in total. The molecule has 2 aliphatic heterocycles. The number of piperidine rings is 1. The first kappa shape index (κ1) is 19.0. The number of likely N-dealkylation sites (tertiary alicyclic amines) is 2. The predicted octanol–water partition coefficient (Wildman–Crippen LogP) is 3.58. The molecule has 0 aromatic carbocycles. The SMILES string of the molecule is CCC1CC(N2CCC(c3cnccc3OC)CC2)CCCN1C(=O)O. The Balaban J connectivity index is 1.61. The van der Waals surface area contributed by atoms with Gasteiger partial charge in [0.05, 0.1) is 7.11 Å². The Morgan fingerprint density at radius 2 is 2.08 bits per heavy atom. The van der Waals surface area contributed by atoms with Crippen LogP contribution >= 0.6 is 0 Å². The highest BCUT2D eigenvalue weighted by Crippen LogP contribution is 2.35. The smallest absolute Gasteiger partial charge is 0.407 e. The lowest BCUT2D eigenvalue weighted by Crippen LogP contribution is -2.44. The molecule has 0 bridgehead atoms.